The summed E-state index contributed by atoms with van der Waals surface area (Å²) < 4.78 is 18.9. The zero-order valence-electron chi connectivity index (χ0n) is 11.6. The minimum absolute atomic E-state index is 0.163. The highest BCUT2D eigenvalue weighted by Crippen LogP contribution is 2.32. The third kappa shape index (κ3) is 3.75. The predicted octanol–water partition coefficient (Wildman–Crippen LogP) is 2.94. The second kappa shape index (κ2) is 6.83. The molecule has 0 aromatic heterocycles. The van der Waals surface area contributed by atoms with Crippen LogP contribution in [0.25, 0.3) is 0 Å². The highest BCUT2D eigenvalue weighted by molar-refractivity contribution is 5.70. The number of benzene rings is 1. The number of halogens is 1. The van der Waals surface area contributed by atoms with Crippen molar-refractivity contribution in [2.75, 3.05) is 23.8 Å². The maximum atomic E-state index is 13.7. The van der Waals surface area contributed by atoms with Crippen molar-refractivity contribution >= 4 is 11.4 Å². The Morgan fingerprint density at radius 2 is 2.16 bits per heavy atom. The lowest BCUT2D eigenvalue weighted by molar-refractivity contribution is 0.321. The van der Waals surface area contributed by atoms with Gasteiger partial charge in [-0.25, -0.2) is 4.39 Å². The Morgan fingerprint density at radius 1 is 1.47 bits per heavy atom. The maximum absolute atomic E-state index is 13.7. The molecular weight excluding hydrogens is 245 g/mol. The van der Waals surface area contributed by atoms with Crippen LogP contribution in [-0.4, -0.2) is 19.2 Å². The van der Waals surface area contributed by atoms with Crippen LogP contribution in [0.5, 0.6) is 5.75 Å². The Morgan fingerprint density at radius 3 is 2.68 bits per heavy atom. The van der Waals surface area contributed by atoms with Crippen molar-refractivity contribution in [1.29, 1.82) is 5.26 Å². The summed E-state index contributed by atoms with van der Waals surface area (Å²) in [4.78, 5) is 1.97. The number of nitrogens with zero attached hydrogens (tertiary/aromatic N) is 2. The van der Waals surface area contributed by atoms with Gasteiger partial charge in [0.15, 0.2) is 11.6 Å². The summed E-state index contributed by atoms with van der Waals surface area (Å²) in [5.74, 6) is -0.276. The highest BCUT2D eigenvalue weighted by Gasteiger charge is 2.16. The smallest absolute Gasteiger partial charge is 0.167 e. The molecule has 0 aliphatic rings. The first-order valence-electron chi connectivity index (χ1n) is 6.36. The lowest BCUT2D eigenvalue weighted by atomic mass is 10.2. The fourth-order valence-corrected chi connectivity index (χ4v) is 1.90. The Kier molecular flexibility index (Phi) is 5.43. The summed E-state index contributed by atoms with van der Waals surface area (Å²) in [6.07, 6.45) is 0.388. The molecule has 19 heavy (non-hydrogen) atoms. The van der Waals surface area contributed by atoms with E-state index in [4.69, 9.17) is 15.7 Å². The van der Waals surface area contributed by atoms with E-state index in [0.717, 1.165) is 0 Å². The predicted molar refractivity (Wildman–Crippen MR) is 74.7 cm³/mol. The number of hydrogen-bond donors (Lipinski definition) is 1. The van der Waals surface area contributed by atoms with E-state index in [-0.39, 0.29) is 11.8 Å². The van der Waals surface area contributed by atoms with Crippen molar-refractivity contribution in [3.63, 3.8) is 0 Å². The van der Waals surface area contributed by atoms with Crippen LogP contribution < -0.4 is 15.4 Å². The molecule has 1 rings (SSSR count). The molecule has 0 atom stereocenters. The van der Waals surface area contributed by atoms with Crippen molar-refractivity contribution in [3.05, 3.63) is 17.9 Å². The number of anilines is 2. The fraction of sp³-hybridized carbons (Fsp3) is 0.500. The third-order valence-corrected chi connectivity index (χ3v) is 2.78. The van der Waals surface area contributed by atoms with Crippen molar-refractivity contribution in [3.8, 4) is 11.8 Å². The monoisotopic (exact) mass is 265 g/mol. The summed E-state index contributed by atoms with van der Waals surface area (Å²) >= 11 is 0. The molecule has 1 aromatic rings. The molecule has 0 saturated heterocycles. The number of rotatable bonds is 6. The Balaban J connectivity index is 3.14. The first-order valence-corrected chi connectivity index (χ1v) is 6.36. The van der Waals surface area contributed by atoms with E-state index in [0.29, 0.717) is 30.9 Å². The molecule has 0 fully saturated rings. The quantitative estimate of drug-likeness (QED) is 0.803. The van der Waals surface area contributed by atoms with Crippen molar-refractivity contribution < 1.29 is 9.13 Å². The average molecular weight is 265 g/mol. The van der Waals surface area contributed by atoms with Gasteiger partial charge in [-0.2, -0.15) is 5.26 Å². The van der Waals surface area contributed by atoms with Gasteiger partial charge in [-0.3, -0.25) is 0 Å². The van der Waals surface area contributed by atoms with Crippen LogP contribution in [0.3, 0.4) is 0 Å². The largest absolute Gasteiger partial charge is 0.491 e. The van der Waals surface area contributed by atoms with Crippen LogP contribution in [0.15, 0.2) is 12.1 Å². The minimum atomic E-state index is -0.466. The first kappa shape index (κ1) is 15.1. The standard InChI is InChI=1S/C14H20FN3O/c1-4-19-14-9-13(12(17)8-11(14)15)18(10(2)3)7-5-6-16/h8-10H,4-5,7,17H2,1-3H3. The molecule has 0 amide bonds. The molecule has 2 N–H and O–H groups in total. The Labute approximate surface area is 113 Å². The topological polar surface area (TPSA) is 62.3 Å². The van der Waals surface area contributed by atoms with Crippen molar-refractivity contribution in [2.24, 2.45) is 0 Å². The summed E-state index contributed by atoms with van der Waals surface area (Å²) in [6, 6.07) is 5.14. The van der Waals surface area contributed by atoms with Crippen LogP contribution in [-0.2, 0) is 0 Å². The molecule has 0 bridgehead atoms. The second-order valence-corrected chi connectivity index (χ2v) is 4.47. The maximum Gasteiger partial charge on any atom is 0.167 e. The molecule has 0 unspecified atom stereocenters. The normalized spacial score (nSPS) is 10.3. The number of nitrogen functional groups attached to an aromatic ring is 1. The van der Waals surface area contributed by atoms with E-state index >= 15 is 0 Å². The number of ether oxygens (including phenoxy) is 1. The lowest BCUT2D eigenvalue weighted by Crippen LogP contribution is -2.32. The van der Waals surface area contributed by atoms with Crippen LogP contribution >= 0.6 is 0 Å². The summed E-state index contributed by atoms with van der Waals surface area (Å²) in [5.41, 5.74) is 6.93. The fourth-order valence-electron chi connectivity index (χ4n) is 1.90. The van der Waals surface area contributed by atoms with Crippen molar-refractivity contribution in [2.45, 2.75) is 33.2 Å². The zero-order chi connectivity index (χ0) is 14.4. The molecule has 0 spiro atoms. The number of hydrogen-bond acceptors (Lipinski definition) is 4. The molecule has 1 aromatic carbocycles. The highest BCUT2D eigenvalue weighted by atomic mass is 19.1. The van der Waals surface area contributed by atoms with Gasteiger partial charge >= 0.3 is 0 Å². The lowest BCUT2D eigenvalue weighted by Gasteiger charge is -2.29. The molecule has 0 heterocycles. The molecule has 0 saturated carbocycles. The van der Waals surface area contributed by atoms with Crippen LogP contribution in [0.2, 0.25) is 0 Å². The zero-order valence-corrected chi connectivity index (χ0v) is 11.6. The Bertz CT molecular complexity index is 468. The van der Waals surface area contributed by atoms with Crippen LogP contribution in [0.4, 0.5) is 15.8 Å². The minimum Gasteiger partial charge on any atom is -0.491 e. The van der Waals surface area contributed by atoms with E-state index in [1.165, 1.54) is 6.07 Å². The van der Waals surface area contributed by atoms with E-state index < -0.39 is 5.82 Å². The third-order valence-electron chi connectivity index (χ3n) is 2.78. The van der Waals surface area contributed by atoms with Gasteiger partial charge in [0.25, 0.3) is 0 Å². The van der Waals surface area contributed by atoms with E-state index in [9.17, 15) is 4.39 Å². The van der Waals surface area contributed by atoms with E-state index in [2.05, 4.69) is 6.07 Å². The van der Waals surface area contributed by atoms with Gasteiger partial charge in [-0.1, -0.05) is 0 Å². The molecule has 0 aliphatic heterocycles. The van der Waals surface area contributed by atoms with Gasteiger partial charge in [0.1, 0.15) is 0 Å². The SMILES string of the molecule is CCOc1cc(N(CCC#N)C(C)C)c(N)cc1F. The molecule has 0 aliphatic carbocycles. The van der Waals surface area contributed by atoms with Gasteiger partial charge < -0.3 is 15.4 Å². The Hall–Kier alpha value is -1.96. The summed E-state index contributed by atoms with van der Waals surface area (Å²) in [5, 5.41) is 8.70. The van der Waals surface area contributed by atoms with E-state index in [1.807, 2.05) is 18.7 Å². The van der Waals surface area contributed by atoms with Gasteiger partial charge in [-0.15, -0.1) is 0 Å². The second-order valence-electron chi connectivity index (χ2n) is 4.47. The molecule has 104 valence electrons. The average Bonchev–Trinajstić information content (AvgIpc) is 2.34. The van der Waals surface area contributed by atoms with Gasteiger partial charge in [0, 0.05) is 24.7 Å². The van der Waals surface area contributed by atoms with Gasteiger partial charge in [-0.05, 0) is 20.8 Å². The molecule has 5 heteroatoms. The summed E-state index contributed by atoms with van der Waals surface area (Å²) in [7, 11) is 0. The van der Waals surface area contributed by atoms with E-state index in [1.54, 1.807) is 13.0 Å². The molecule has 0 radical (unpaired) electrons. The number of nitriles is 1. The van der Waals surface area contributed by atoms with Crippen molar-refractivity contribution in [1.82, 2.24) is 0 Å². The van der Waals surface area contributed by atoms with Crippen LogP contribution in [0.1, 0.15) is 27.2 Å². The number of nitrogens with two attached hydrogens (primary N) is 1. The summed E-state index contributed by atoms with van der Waals surface area (Å²) in [6.45, 7) is 6.74. The first-order chi connectivity index (χ1) is 9.01. The molecule has 4 nitrogen and oxygen atoms in total. The van der Waals surface area contributed by atoms with Crippen LogP contribution in [0, 0.1) is 17.1 Å². The van der Waals surface area contributed by atoms with Gasteiger partial charge in [0.05, 0.1) is 30.5 Å². The molecular formula is C14H20FN3O. The van der Waals surface area contributed by atoms with Gasteiger partial charge in [0.2, 0.25) is 0 Å².